The highest BCUT2D eigenvalue weighted by Crippen LogP contribution is 2.36. The zero-order valence-corrected chi connectivity index (χ0v) is 16.3. The first kappa shape index (κ1) is 20.6. The lowest BCUT2D eigenvalue weighted by atomic mass is 10.1. The quantitative estimate of drug-likeness (QED) is 0.519. The van der Waals surface area contributed by atoms with E-state index in [1.165, 1.54) is 36.7 Å². The van der Waals surface area contributed by atoms with Crippen LogP contribution in [-0.4, -0.2) is 15.9 Å². The summed E-state index contributed by atoms with van der Waals surface area (Å²) in [6.07, 6.45) is -1.61. The van der Waals surface area contributed by atoms with Crippen LogP contribution in [-0.2, 0) is 12.7 Å². The molecule has 0 spiro atoms. The number of carbonyl (C=O) groups excluding carboxylic acids is 1. The molecule has 10 heteroatoms. The molecule has 0 unspecified atom stereocenters. The van der Waals surface area contributed by atoms with E-state index >= 15 is 0 Å². The van der Waals surface area contributed by atoms with Gasteiger partial charge >= 0.3 is 6.18 Å². The Morgan fingerprint density at radius 2 is 1.97 bits per heavy atom. The van der Waals surface area contributed by atoms with Crippen LogP contribution >= 0.6 is 15.9 Å². The number of pyridine rings is 2. The topological polar surface area (TPSA) is 86.9 Å². The maximum absolute atomic E-state index is 13.1. The Balaban J connectivity index is 1.80. The van der Waals surface area contributed by atoms with Gasteiger partial charge in [0.2, 0.25) is 0 Å². The molecule has 1 aromatic carbocycles. The SMILES string of the molecule is O=C(Nc1ccc(Br)c(C(F)(F)F)c1)c1cccnc1NCc1ccc[nH]c1=O. The van der Waals surface area contributed by atoms with Gasteiger partial charge in [-0.1, -0.05) is 22.0 Å². The van der Waals surface area contributed by atoms with E-state index in [1.54, 1.807) is 12.1 Å². The number of hydrogen-bond acceptors (Lipinski definition) is 4. The summed E-state index contributed by atoms with van der Waals surface area (Å²) >= 11 is 2.86. The summed E-state index contributed by atoms with van der Waals surface area (Å²) in [4.78, 5) is 31.0. The van der Waals surface area contributed by atoms with Crippen LogP contribution in [0.1, 0.15) is 21.5 Å². The smallest absolute Gasteiger partial charge is 0.365 e. The molecule has 2 aromatic heterocycles. The Morgan fingerprint density at radius 1 is 1.17 bits per heavy atom. The lowest BCUT2D eigenvalue weighted by Gasteiger charge is -2.13. The first-order chi connectivity index (χ1) is 13.8. The van der Waals surface area contributed by atoms with Gasteiger partial charge in [-0.25, -0.2) is 4.98 Å². The van der Waals surface area contributed by atoms with Crippen molar-refractivity contribution in [3.05, 3.63) is 86.4 Å². The van der Waals surface area contributed by atoms with Gasteiger partial charge < -0.3 is 15.6 Å². The van der Waals surface area contributed by atoms with Crippen LogP contribution in [0.2, 0.25) is 0 Å². The molecule has 0 aliphatic rings. The van der Waals surface area contributed by atoms with Gasteiger partial charge in [0.15, 0.2) is 0 Å². The molecule has 150 valence electrons. The first-order valence-corrected chi connectivity index (χ1v) is 9.08. The highest BCUT2D eigenvalue weighted by Gasteiger charge is 2.33. The third kappa shape index (κ3) is 5.02. The second-order valence-electron chi connectivity index (χ2n) is 5.92. The molecule has 0 aliphatic heterocycles. The van der Waals surface area contributed by atoms with Gasteiger partial charge in [0.1, 0.15) is 5.82 Å². The van der Waals surface area contributed by atoms with Crippen molar-refractivity contribution in [1.29, 1.82) is 0 Å². The van der Waals surface area contributed by atoms with Crippen molar-refractivity contribution in [1.82, 2.24) is 9.97 Å². The monoisotopic (exact) mass is 466 g/mol. The third-order valence-electron chi connectivity index (χ3n) is 3.93. The lowest BCUT2D eigenvalue weighted by molar-refractivity contribution is -0.138. The highest BCUT2D eigenvalue weighted by molar-refractivity contribution is 9.10. The molecule has 0 bridgehead atoms. The normalized spacial score (nSPS) is 11.2. The molecule has 0 saturated heterocycles. The van der Waals surface area contributed by atoms with Crippen LogP contribution in [0, 0.1) is 0 Å². The van der Waals surface area contributed by atoms with Crippen molar-refractivity contribution in [2.75, 3.05) is 10.6 Å². The molecular weight excluding hydrogens is 453 g/mol. The Hall–Kier alpha value is -3.14. The summed E-state index contributed by atoms with van der Waals surface area (Å²) in [5.74, 6) is -0.445. The largest absolute Gasteiger partial charge is 0.417 e. The van der Waals surface area contributed by atoms with Crippen molar-refractivity contribution in [2.24, 2.45) is 0 Å². The number of carbonyl (C=O) groups is 1. The van der Waals surface area contributed by atoms with Crippen LogP contribution in [0.15, 0.2) is 64.1 Å². The molecule has 2 heterocycles. The van der Waals surface area contributed by atoms with Gasteiger partial charge in [-0.15, -0.1) is 0 Å². The number of aromatic nitrogens is 2. The number of nitrogens with zero attached hydrogens (tertiary/aromatic N) is 1. The number of alkyl halides is 3. The van der Waals surface area contributed by atoms with E-state index in [9.17, 15) is 22.8 Å². The Labute approximate surface area is 171 Å². The zero-order valence-electron chi connectivity index (χ0n) is 14.7. The molecular formula is C19H14BrF3N4O2. The summed E-state index contributed by atoms with van der Waals surface area (Å²) in [7, 11) is 0. The number of halogens is 4. The minimum atomic E-state index is -4.57. The molecule has 0 fully saturated rings. The van der Waals surface area contributed by atoms with Crippen molar-refractivity contribution in [3.8, 4) is 0 Å². The van der Waals surface area contributed by atoms with E-state index in [0.29, 0.717) is 5.56 Å². The first-order valence-electron chi connectivity index (χ1n) is 8.29. The number of amides is 1. The molecule has 3 aromatic rings. The van der Waals surface area contributed by atoms with Gasteiger partial charge in [0, 0.05) is 34.7 Å². The van der Waals surface area contributed by atoms with Crippen LogP contribution in [0.5, 0.6) is 0 Å². The summed E-state index contributed by atoms with van der Waals surface area (Å²) < 4.78 is 39.0. The Bertz CT molecular complexity index is 1100. The average molecular weight is 467 g/mol. The number of rotatable bonds is 5. The second-order valence-corrected chi connectivity index (χ2v) is 6.78. The second kappa shape index (κ2) is 8.48. The van der Waals surface area contributed by atoms with Crippen molar-refractivity contribution >= 4 is 33.3 Å². The fourth-order valence-corrected chi connectivity index (χ4v) is 2.99. The molecule has 3 N–H and O–H groups in total. The van der Waals surface area contributed by atoms with Gasteiger partial charge in [0.25, 0.3) is 11.5 Å². The molecule has 0 atom stereocenters. The number of H-pyrrole nitrogens is 1. The van der Waals surface area contributed by atoms with E-state index in [4.69, 9.17) is 0 Å². The Kier molecular flexibility index (Phi) is 6.02. The van der Waals surface area contributed by atoms with Gasteiger partial charge in [-0.05, 0) is 36.4 Å². The van der Waals surface area contributed by atoms with E-state index in [2.05, 4.69) is 36.5 Å². The summed E-state index contributed by atoms with van der Waals surface area (Å²) in [5.41, 5.74) is -0.636. The fraction of sp³-hybridized carbons (Fsp3) is 0.105. The summed E-state index contributed by atoms with van der Waals surface area (Å²) in [6.45, 7) is 0.115. The molecule has 0 aliphatic carbocycles. The number of benzene rings is 1. The average Bonchev–Trinajstić information content (AvgIpc) is 2.68. The maximum Gasteiger partial charge on any atom is 0.417 e. The highest BCUT2D eigenvalue weighted by atomic mass is 79.9. The minimum absolute atomic E-state index is 0.0140. The molecule has 29 heavy (non-hydrogen) atoms. The standard InChI is InChI=1S/C19H14BrF3N4O2/c20-15-6-5-12(9-14(15)19(21,22)23)27-18(29)13-4-2-7-24-16(13)26-10-11-3-1-8-25-17(11)28/h1-9H,10H2,(H,24,26)(H,25,28)(H,27,29). The minimum Gasteiger partial charge on any atom is -0.365 e. The maximum atomic E-state index is 13.1. The summed E-state index contributed by atoms with van der Waals surface area (Å²) in [5, 5.41) is 5.34. The molecule has 0 saturated carbocycles. The number of nitrogens with one attached hydrogen (secondary N) is 3. The van der Waals surface area contributed by atoms with Gasteiger partial charge in [0.05, 0.1) is 11.1 Å². The molecule has 0 radical (unpaired) electrons. The predicted octanol–water partition coefficient (Wildman–Crippen LogP) is 4.42. The van der Waals surface area contributed by atoms with Crippen molar-refractivity contribution in [2.45, 2.75) is 12.7 Å². The van der Waals surface area contributed by atoms with Crippen LogP contribution < -0.4 is 16.2 Å². The van der Waals surface area contributed by atoms with Crippen LogP contribution in [0.25, 0.3) is 0 Å². The molecule has 3 rings (SSSR count). The van der Waals surface area contributed by atoms with Gasteiger partial charge in [-0.3, -0.25) is 9.59 Å². The van der Waals surface area contributed by atoms with E-state index in [0.717, 1.165) is 6.07 Å². The fourth-order valence-electron chi connectivity index (χ4n) is 2.52. The van der Waals surface area contributed by atoms with Crippen LogP contribution in [0.4, 0.5) is 24.7 Å². The zero-order chi connectivity index (χ0) is 21.0. The number of hydrogen-bond donors (Lipinski definition) is 3. The number of anilines is 2. The van der Waals surface area contributed by atoms with Crippen molar-refractivity contribution < 1.29 is 18.0 Å². The molecule has 1 amide bonds. The third-order valence-corrected chi connectivity index (χ3v) is 4.62. The Morgan fingerprint density at radius 3 is 2.69 bits per heavy atom. The van der Waals surface area contributed by atoms with E-state index < -0.39 is 17.6 Å². The van der Waals surface area contributed by atoms with E-state index in [1.807, 2.05) is 0 Å². The lowest BCUT2D eigenvalue weighted by Crippen LogP contribution is -2.18. The predicted molar refractivity (Wildman–Crippen MR) is 106 cm³/mol. The van der Waals surface area contributed by atoms with Crippen molar-refractivity contribution in [3.63, 3.8) is 0 Å². The van der Waals surface area contributed by atoms with Gasteiger partial charge in [-0.2, -0.15) is 13.2 Å². The molecule has 6 nitrogen and oxygen atoms in total. The summed E-state index contributed by atoms with van der Waals surface area (Å²) in [6, 6.07) is 9.69. The van der Waals surface area contributed by atoms with E-state index in [-0.39, 0.29) is 33.6 Å². The van der Waals surface area contributed by atoms with Crippen LogP contribution in [0.3, 0.4) is 0 Å². The number of aromatic amines is 1.